The highest BCUT2D eigenvalue weighted by molar-refractivity contribution is 6.31. The summed E-state index contributed by atoms with van der Waals surface area (Å²) < 4.78 is 29.1. The number of amides is 2. The Bertz CT molecular complexity index is 554. The minimum Gasteiger partial charge on any atom is -0.433 e. The van der Waals surface area contributed by atoms with Gasteiger partial charge >= 0.3 is 6.61 Å². The summed E-state index contributed by atoms with van der Waals surface area (Å²) in [6.45, 7) is -3.01. The van der Waals surface area contributed by atoms with Gasteiger partial charge in [0.15, 0.2) is 0 Å². The summed E-state index contributed by atoms with van der Waals surface area (Å²) >= 11 is 5.81. The van der Waals surface area contributed by atoms with Crippen LogP contribution in [0.5, 0.6) is 5.75 Å². The van der Waals surface area contributed by atoms with E-state index in [1.165, 1.54) is 23.1 Å². The molecule has 108 valence electrons. The van der Waals surface area contributed by atoms with Crippen LogP contribution in [0.1, 0.15) is 6.42 Å². The van der Waals surface area contributed by atoms with Crippen molar-refractivity contribution >= 4 is 29.1 Å². The molecular weight excluding hydrogens is 294 g/mol. The second kappa shape index (κ2) is 5.62. The summed E-state index contributed by atoms with van der Waals surface area (Å²) in [6.07, 6.45) is -0.0596. The van der Waals surface area contributed by atoms with Crippen molar-refractivity contribution in [2.45, 2.75) is 13.0 Å². The van der Waals surface area contributed by atoms with Crippen LogP contribution < -0.4 is 15.4 Å². The predicted octanol–water partition coefficient (Wildman–Crippen LogP) is 1.78. The van der Waals surface area contributed by atoms with Gasteiger partial charge in [-0.25, -0.2) is 0 Å². The molecule has 1 aliphatic rings. The molecule has 1 fully saturated rings. The van der Waals surface area contributed by atoms with Gasteiger partial charge in [-0.1, -0.05) is 11.6 Å². The molecule has 0 radical (unpaired) electrons. The molecule has 2 rings (SSSR count). The van der Waals surface area contributed by atoms with Gasteiger partial charge in [-0.2, -0.15) is 8.78 Å². The van der Waals surface area contributed by atoms with Crippen molar-refractivity contribution in [2.75, 3.05) is 11.4 Å². The van der Waals surface area contributed by atoms with Crippen LogP contribution in [0, 0.1) is 5.92 Å². The van der Waals surface area contributed by atoms with Crippen molar-refractivity contribution < 1.29 is 23.1 Å². The Hall–Kier alpha value is -1.89. The van der Waals surface area contributed by atoms with Crippen LogP contribution >= 0.6 is 11.6 Å². The summed E-state index contributed by atoms with van der Waals surface area (Å²) in [5, 5.41) is 0.261. The Morgan fingerprint density at radius 2 is 2.20 bits per heavy atom. The predicted molar refractivity (Wildman–Crippen MR) is 67.7 cm³/mol. The number of ether oxygens (including phenoxy) is 1. The average Bonchev–Trinajstić information content (AvgIpc) is 2.73. The lowest BCUT2D eigenvalue weighted by Gasteiger charge is -2.20. The van der Waals surface area contributed by atoms with Crippen LogP contribution in [0.3, 0.4) is 0 Å². The standard InChI is InChI=1S/C12H11ClF2N2O3/c13-7-1-2-9(20-12(14)15)8(4-7)17-5-6(11(16)19)3-10(17)18/h1-2,4,6,12H,3,5H2,(H2,16,19). The molecule has 2 amide bonds. The van der Waals surface area contributed by atoms with E-state index in [9.17, 15) is 18.4 Å². The van der Waals surface area contributed by atoms with Crippen LogP contribution in [-0.2, 0) is 9.59 Å². The van der Waals surface area contributed by atoms with Gasteiger partial charge in [-0.05, 0) is 18.2 Å². The maximum absolute atomic E-state index is 12.4. The van der Waals surface area contributed by atoms with Crippen LogP contribution in [0.25, 0.3) is 0 Å². The van der Waals surface area contributed by atoms with E-state index in [2.05, 4.69) is 4.74 Å². The largest absolute Gasteiger partial charge is 0.433 e. The minimum absolute atomic E-state index is 0.0219. The topological polar surface area (TPSA) is 72.6 Å². The fraction of sp³-hybridized carbons (Fsp3) is 0.333. The molecule has 1 aromatic carbocycles. The van der Waals surface area contributed by atoms with Gasteiger partial charge in [-0.15, -0.1) is 0 Å². The first-order chi connectivity index (χ1) is 9.38. The first kappa shape index (κ1) is 14.5. The first-order valence-electron chi connectivity index (χ1n) is 5.72. The maximum Gasteiger partial charge on any atom is 0.387 e. The minimum atomic E-state index is -3.03. The summed E-state index contributed by atoms with van der Waals surface area (Å²) in [4.78, 5) is 24.2. The number of anilines is 1. The Morgan fingerprint density at radius 1 is 1.50 bits per heavy atom. The SMILES string of the molecule is NC(=O)C1CC(=O)N(c2cc(Cl)ccc2OC(F)F)C1. The van der Waals surface area contributed by atoms with Gasteiger partial charge in [0.25, 0.3) is 0 Å². The van der Waals surface area contributed by atoms with E-state index in [0.717, 1.165) is 0 Å². The lowest BCUT2D eigenvalue weighted by Crippen LogP contribution is -2.28. The molecule has 1 atom stereocenters. The summed E-state index contributed by atoms with van der Waals surface area (Å²) in [6, 6.07) is 3.95. The molecule has 0 aromatic heterocycles. The summed E-state index contributed by atoms with van der Waals surface area (Å²) in [5.74, 6) is -1.84. The second-order valence-corrected chi connectivity index (χ2v) is 4.73. The van der Waals surface area contributed by atoms with E-state index < -0.39 is 24.3 Å². The number of primary amides is 1. The number of carbonyl (C=O) groups excluding carboxylic acids is 2. The maximum atomic E-state index is 12.4. The van der Waals surface area contributed by atoms with E-state index in [4.69, 9.17) is 17.3 Å². The molecule has 5 nitrogen and oxygen atoms in total. The van der Waals surface area contributed by atoms with Crippen LogP contribution in [0.4, 0.5) is 14.5 Å². The van der Waals surface area contributed by atoms with Gasteiger partial charge in [0.05, 0.1) is 11.6 Å². The lowest BCUT2D eigenvalue weighted by atomic mass is 10.1. The zero-order chi connectivity index (χ0) is 14.9. The highest BCUT2D eigenvalue weighted by atomic mass is 35.5. The van der Waals surface area contributed by atoms with Crippen molar-refractivity contribution in [3.05, 3.63) is 23.2 Å². The number of hydrogen-bond acceptors (Lipinski definition) is 3. The van der Waals surface area contributed by atoms with Crippen LogP contribution in [-0.4, -0.2) is 25.0 Å². The Labute approximate surface area is 118 Å². The molecule has 0 spiro atoms. The second-order valence-electron chi connectivity index (χ2n) is 4.30. The van der Waals surface area contributed by atoms with E-state index in [1.54, 1.807) is 0 Å². The number of nitrogens with zero attached hydrogens (tertiary/aromatic N) is 1. The van der Waals surface area contributed by atoms with Crippen molar-refractivity contribution in [2.24, 2.45) is 11.7 Å². The summed E-state index contributed by atoms with van der Waals surface area (Å²) in [7, 11) is 0. The number of carbonyl (C=O) groups is 2. The molecule has 8 heteroatoms. The zero-order valence-corrected chi connectivity index (χ0v) is 10.9. The highest BCUT2D eigenvalue weighted by Gasteiger charge is 2.35. The smallest absolute Gasteiger partial charge is 0.387 e. The molecule has 0 saturated carbocycles. The number of alkyl halides is 2. The van der Waals surface area contributed by atoms with Gasteiger partial charge < -0.3 is 15.4 Å². The van der Waals surface area contributed by atoms with Gasteiger partial charge in [0, 0.05) is 18.0 Å². The fourth-order valence-electron chi connectivity index (χ4n) is 2.03. The number of halogens is 3. The van der Waals surface area contributed by atoms with Crippen molar-refractivity contribution in [1.29, 1.82) is 0 Å². The van der Waals surface area contributed by atoms with E-state index in [1.807, 2.05) is 0 Å². The third-order valence-electron chi connectivity index (χ3n) is 2.96. The molecule has 2 N–H and O–H groups in total. The molecule has 0 bridgehead atoms. The first-order valence-corrected chi connectivity index (χ1v) is 6.10. The third kappa shape index (κ3) is 2.98. The van der Waals surface area contributed by atoms with Crippen molar-refractivity contribution in [3.63, 3.8) is 0 Å². The fourth-order valence-corrected chi connectivity index (χ4v) is 2.19. The molecule has 0 aliphatic carbocycles. The molecule has 1 aromatic rings. The summed E-state index contributed by atoms with van der Waals surface area (Å²) in [5.41, 5.74) is 5.26. The van der Waals surface area contributed by atoms with Crippen molar-refractivity contribution in [3.8, 4) is 5.75 Å². The number of hydrogen-bond donors (Lipinski definition) is 1. The third-order valence-corrected chi connectivity index (χ3v) is 3.19. The molecule has 1 heterocycles. The Morgan fingerprint density at radius 3 is 2.75 bits per heavy atom. The Kier molecular flexibility index (Phi) is 4.08. The molecule has 1 unspecified atom stereocenters. The van der Waals surface area contributed by atoms with Crippen LogP contribution in [0.2, 0.25) is 5.02 Å². The van der Waals surface area contributed by atoms with Gasteiger partial charge in [0.2, 0.25) is 11.8 Å². The van der Waals surface area contributed by atoms with Crippen LogP contribution in [0.15, 0.2) is 18.2 Å². The molecule has 1 saturated heterocycles. The van der Waals surface area contributed by atoms with Crippen molar-refractivity contribution in [1.82, 2.24) is 0 Å². The molecule has 1 aliphatic heterocycles. The number of benzene rings is 1. The lowest BCUT2D eigenvalue weighted by molar-refractivity contribution is -0.123. The van der Waals surface area contributed by atoms with Gasteiger partial charge in [0.1, 0.15) is 5.75 Å². The highest BCUT2D eigenvalue weighted by Crippen LogP contribution is 2.36. The molecule has 20 heavy (non-hydrogen) atoms. The zero-order valence-electron chi connectivity index (χ0n) is 10.2. The normalized spacial score (nSPS) is 18.7. The number of rotatable bonds is 4. The van der Waals surface area contributed by atoms with E-state index in [-0.39, 0.29) is 29.4 Å². The average molecular weight is 305 g/mol. The quantitative estimate of drug-likeness (QED) is 0.921. The van der Waals surface area contributed by atoms with E-state index >= 15 is 0 Å². The molecular formula is C12H11ClF2N2O3. The monoisotopic (exact) mass is 304 g/mol. The van der Waals surface area contributed by atoms with E-state index in [0.29, 0.717) is 0 Å². The number of nitrogens with two attached hydrogens (primary N) is 1. The Balaban J connectivity index is 2.34. The van der Waals surface area contributed by atoms with Gasteiger partial charge in [-0.3, -0.25) is 9.59 Å².